The standard InChI is InChI=1S/C21H18FN3O3/c1-24-19(26)17-16(14-9-6-10-15(22)11-14)18(28-20(17)25(2)21(24)27)23-12-13-7-4-3-5-8-13/h3-11,23H,12H2,1-2H3. The van der Waals surface area contributed by atoms with Gasteiger partial charge in [0.05, 0.1) is 5.56 Å². The lowest BCUT2D eigenvalue weighted by atomic mass is 10.0. The van der Waals surface area contributed by atoms with Crippen LogP contribution in [0.1, 0.15) is 5.56 Å². The van der Waals surface area contributed by atoms with Crippen LogP contribution < -0.4 is 16.6 Å². The summed E-state index contributed by atoms with van der Waals surface area (Å²) >= 11 is 0. The molecule has 2 aromatic carbocycles. The van der Waals surface area contributed by atoms with Gasteiger partial charge in [0.1, 0.15) is 11.2 Å². The van der Waals surface area contributed by atoms with Crippen LogP contribution in [0.2, 0.25) is 0 Å². The first-order valence-electron chi connectivity index (χ1n) is 8.73. The lowest BCUT2D eigenvalue weighted by molar-refractivity contribution is 0.572. The van der Waals surface area contributed by atoms with E-state index in [0.29, 0.717) is 23.6 Å². The zero-order valence-corrected chi connectivity index (χ0v) is 15.4. The van der Waals surface area contributed by atoms with Crippen LogP contribution in [0.4, 0.5) is 10.3 Å². The van der Waals surface area contributed by atoms with Crippen molar-refractivity contribution in [1.29, 1.82) is 0 Å². The lowest BCUT2D eigenvalue weighted by Gasteiger charge is -2.07. The molecule has 1 N–H and O–H groups in total. The van der Waals surface area contributed by atoms with Crippen LogP contribution in [0.25, 0.3) is 22.2 Å². The first-order valence-corrected chi connectivity index (χ1v) is 8.73. The maximum Gasteiger partial charge on any atom is 0.333 e. The van der Waals surface area contributed by atoms with Gasteiger partial charge in [0, 0.05) is 20.6 Å². The van der Waals surface area contributed by atoms with Crippen LogP contribution in [0.3, 0.4) is 0 Å². The Morgan fingerprint density at radius 3 is 2.46 bits per heavy atom. The minimum absolute atomic E-state index is 0.142. The van der Waals surface area contributed by atoms with Gasteiger partial charge in [-0.1, -0.05) is 42.5 Å². The molecule has 0 aliphatic carbocycles. The Labute approximate surface area is 159 Å². The van der Waals surface area contributed by atoms with Crippen LogP contribution in [0, 0.1) is 5.82 Å². The fourth-order valence-electron chi connectivity index (χ4n) is 3.24. The summed E-state index contributed by atoms with van der Waals surface area (Å²) in [6.45, 7) is 0.442. The fraction of sp³-hybridized carbons (Fsp3) is 0.143. The zero-order chi connectivity index (χ0) is 19.8. The van der Waals surface area contributed by atoms with Crippen LogP contribution in [-0.4, -0.2) is 9.13 Å². The molecule has 2 aromatic heterocycles. The molecular weight excluding hydrogens is 361 g/mol. The molecule has 0 saturated heterocycles. The van der Waals surface area contributed by atoms with Crippen molar-refractivity contribution in [2.45, 2.75) is 6.54 Å². The first kappa shape index (κ1) is 17.8. The number of hydrogen-bond donors (Lipinski definition) is 1. The van der Waals surface area contributed by atoms with Gasteiger partial charge in [-0.3, -0.25) is 13.9 Å². The molecule has 0 spiro atoms. The van der Waals surface area contributed by atoms with Gasteiger partial charge in [0.15, 0.2) is 0 Å². The fourth-order valence-corrected chi connectivity index (χ4v) is 3.24. The molecule has 28 heavy (non-hydrogen) atoms. The summed E-state index contributed by atoms with van der Waals surface area (Å²) in [6.07, 6.45) is 0. The van der Waals surface area contributed by atoms with Crippen molar-refractivity contribution >= 4 is 17.0 Å². The minimum Gasteiger partial charge on any atom is -0.423 e. The van der Waals surface area contributed by atoms with E-state index in [9.17, 15) is 14.0 Å². The summed E-state index contributed by atoms with van der Waals surface area (Å²) in [5.41, 5.74) is 1.09. The summed E-state index contributed by atoms with van der Waals surface area (Å²) in [5, 5.41) is 3.41. The van der Waals surface area contributed by atoms with Gasteiger partial charge in [-0.15, -0.1) is 0 Å². The Balaban J connectivity index is 1.97. The molecule has 6 nitrogen and oxygen atoms in total. The molecule has 4 aromatic rings. The van der Waals surface area contributed by atoms with Crippen LogP contribution in [0.5, 0.6) is 0 Å². The SMILES string of the molecule is Cn1c(=O)c2c(-c3cccc(F)c3)c(NCc3ccccc3)oc2n(C)c1=O. The van der Waals surface area contributed by atoms with Gasteiger partial charge >= 0.3 is 5.69 Å². The summed E-state index contributed by atoms with van der Waals surface area (Å²) in [7, 11) is 2.94. The Bertz CT molecular complexity index is 1290. The number of aryl methyl sites for hydroxylation is 1. The van der Waals surface area contributed by atoms with Crippen molar-refractivity contribution in [2.75, 3.05) is 5.32 Å². The number of rotatable bonds is 4. The molecular formula is C21H18FN3O3. The number of furan rings is 1. The van der Waals surface area contributed by atoms with E-state index < -0.39 is 17.1 Å². The van der Waals surface area contributed by atoms with E-state index in [1.807, 2.05) is 30.3 Å². The average molecular weight is 379 g/mol. The number of nitrogens with zero attached hydrogens (tertiary/aromatic N) is 2. The molecule has 2 heterocycles. The van der Waals surface area contributed by atoms with Gasteiger partial charge < -0.3 is 9.73 Å². The molecule has 4 rings (SSSR count). The summed E-state index contributed by atoms with van der Waals surface area (Å²) in [6, 6.07) is 15.6. The van der Waals surface area contributed by atoms with E-state index in [-0.39, 0.29) is 11.1 Å². The Morgan fingerprint density at radius 2 is 1.75 bits per heavy atom. The molecule has 0 fully saturated rings. The molecule has 0 radical (unpaired) electrons. The maximum atomic E-state index is 13.9. The molecule has 0 aliphatic heterocycles. The highest BCUT2D eigenvalue weighted by Gasteiger charge is 2.23. The molecule has 0 atom stereocenters. The van der Waals surface area contributed by atoms with Gasteiger partial charge in [-0.05, 0) is 23.3 Å². The number of hydrogen-bond acceptors (Lipinski definition) is 4. The number of nitrogens with one attached hydrogen (secondary N) is 1. The Morgan fingerprint density at radius 1 is 1.00 bits per heavy atom. The van der Waals surface area contributed by atoms with E-state index in [1.54, 1.807) is 12.1 Å². The second-order valence-electron chi connectivity index (χ2n) is 6.54. The number of aromatic nitrogens is 2. The highest BCUT2D eigenvalue weighted by atomic mass is 19.1. The Kier molecular flexibility index (Phi) is 4.35. The molecule has 0 unspecified atom stereocenters. The second kappa shape index (κ2) is 6.84. The molecule has 142 valence electrons. The third-order valence-corrected chi connectivity index (χ3v) is 4.70. The van der Waals surface area contributed by atoms with E-state index in [2.05, 4.69) is 5.32 Å². The first-order chi connectivity index (χ1) is 13.5. The average Bonchev–Trinajstić information content (AvgIpc) is 3.09. The zero-order valence-electron chi connectivity index (χ0n) is 15.4. The number of anilines is 1. The number of benzene rings is 2. The molecule has 0 saturated carbocycles. The van der Waals surface area contributed by atoms with Gasteiger partial charge in [0.25, 0.3) is 5.56 Å². The van der Waals surface area contributed by atoms with E-state index >= 15 is 0 Å². The van der Waals surface area contributed by atoms with Crippen molar-refractivity contribution in [3.63, 3.8) is 0 Å². The minimum atomic E-state index is -0.494. The van der Waals surface area contributed by atoms with Crippen molar-refractivity contribution in [3.8, 4) is 11.1 Å². The van der Waals surface area contributed by atoms with Gasteiger partial charge in [0.2, 0.25) is 11.6 Å². The van der Waals surface area contributed by atoms with E-state index in [4.69, 9.17) is 4.42 Å². The van der Waals surface area contributed by atoms with Crippen LogP contribution >= 0.6 is 0 Å². The monoisotopic (exact) mass is 379 g/mol. The lowest BCUT2D eigenvalue weighted by Crippen LogP contribution is -2.36. The number of halogens is 1. The quantitative estimate of drug-likeness (QED) is 0.591. The summed E-state index contributed by atoms with van der Waals surface area (Å²) < 4.78 is 22.0. The largest absolute Gasteiger partial charge is 0.423 e. The maximum absolute atomic E-state index is 13.9. The van der Waals surface area contributed by atoms with Crippen LogP contribution in [-0.2, 0) is 20.6 Å². The van der Waals surface area contributed by atoms with E-state index in [1.165, 1.54) is 30.8 Å². The highest BCUT2D eigenvalue weighted by Crippen LogP contribution is 2.36. The predicted octanol–water partition coefficient (Wildman–Crippen LogP) is 3.25. The molecule has 0 amide bonds. The second-order valence-corrected chi connectivity index (χ2v) is 6.54. The Hall–Kier alpha value is -3.61. The van der Waals surface area contributed by atoms with Crippen molar-refractivity contribution < 1.29 is 8.81 Å². The third kappa shape index (κ3) is 2.90. The van der Waals surface area contributed by atoms with Crippen molar-refractivity contribution in [2.24, 2.45) is 14.1 Å². The normalized spacial score (nSPS) is 11.1. The predicted molar refractivity (Wildman–Crippen MR) is 106 cm³/mol. The van der Waals surface area contributed by atoms with E-state index in [0.717, 1.165) is 10.1 Å². The molecule has 7 heteroatoms. The molecule has 0 aliphatic rings. The summed E-state index contributed by atoms with van der Waals surface area (Å²) in [5.74, 6) is -0.120. The van der Waals surface area contributed by atoms with Crippen molar-refractivity contribution in [3.05, 3.63) is 86.8 Å². The summed E-state index contributed by atoms with van der Waals surface area (Å²) in [4.78, 5) is 25.1. The van der Waals surface area contributed by atoms with Crippen molar-refractivity contribution in [1.82, 2.24) is 9.13 Å². The van der Waals surface area contributed by atoms with Gasteiger partial charge in [-0.25, -0.2) is 9.18 Å². The van der Waals surface area contributed by atoms with Gasteiger partial charge in [-0.2, -0.15) is 0 Å². The third-order valence-electron chi connectivity index (χ3n) is 4.70. The highest BCUT2D eigenvalue weighted by molar-refractivity contribution is 5.98. The smallest absolute Gasteiger partial charge is 0.333 e. The topological polar surface area (TPSA) is 69.2 Å². The number of fused-ring (bicyclic) bond motifs is 1. The molecule has 0 bridgehead atoms. The van der Waals surface area contributed by atoms with Crippen LogP contribution in [0.15, 0.2) is 68.6 Å².